The molecule has 0 radical (unpaired) electrons. The number of benzene rings is 2. The van der Waals surface area contributed by atoms with Crippen LogP contribution in [-0.4, -0.2) is 65.2 Å². The average molecular weight is 440 g/mol. The number of carbonyl (C=O) groups excluding carboxylic acids is 1. The molecule has 0 bridgehead atoms. The second kappa shape index (κ2) is 10.0. The maximum atomic E-state index is 12.3. The number of amides is 1. The molecule has 1 aliphatic heterocycles. The van der Waals surface area contributed by atoms with Gasteiger partial charge in [0.2, 0.25) is 11.9 Å². The first-order valence-electron chi connectivity index (χ1n) is 10.5. The molecule has 7 nitrogen and oxygen atoms in total. The molecule has 31 heavy (non-hydrogen) atoms. The Labute approximate surface area is 186 Å². The summed E-state index contributed by atoms with van der Waals surface area (Å²) in [5.74, 6) is 0.684. The zero-order valence-corrected chi connectivity index (χ0v) is 18.1. The highest BCUT2D eigenvalue weighted by atomic mass is 35.5. The molecule has 0 saturated carbocycles. The fourth-order valence-electron chi connectivity index (χ4n) is 3.70. The summed E-state index contributed by atoms with van der Waals surface area (Å²) < 4.78 is 0. The monoisotopic (exact) mass is 439 g/mol. The van der Waals surface area contributed by atoms with Crippen LogP contribution in [0.1, 0.15) is 12.0 Å². The SMILES string of the molecule is O=C(CCc1ccc(Cl)cc1)Nc1ccc2nc(N3CCN(CCO)CC3)ncc2c1. The Bertz CT molecular complexity index is 1040. The molecule has 0 unspecified atom stereocenters. The van der Waals surface area contributed by atoms with Crippen LogP contribution in [0.2, 0.25) is 5.02 Å². The van der Waals surface area contributed by atoms with Gasteiger partial charge >= 0.3 is 0 Å². The van der Waals surface area contributed by atoms with Gasteiger partial charge in [-0.3, -0.25) is 9.69 Å². The van der Waals surface area contributed by atoms with E-state index in [0.717, 1.165) is 54.3 Å². The Morgan fingerprint density at radius 3 is 2.61 bits per heavy atom. The minimum Gasteiger partial charge on any atom is -0.395 e. The number of aryl methyl sites for hydroxylation is 1. The molecule has 2 aromatic carbocycles. The Kier molecular flexibility index (Phi) is 6.96. The van der Waals surface area contributed by atoms with Gasteiger partial charge in [-0.15, -0.1) is 0 Å². The molecule has 162 valence electrons. The van der Waals surface area contributed by atoms with Gasteiger partial charge < -0.3 is 15.3 Å². The topological polar surface area (TPSA) is 81.6 Å². The van der Waals surface area contributed by atoms with Crippen molar-refractivity contribution in [3.63, 3.8) is 0 Å². The average Bonchev–Trinajstić information content (AvgIpc) is 2.79. The quantitative estimate of drug-likeness (QED) is 0.589. The van der Waals surface area contributed by atoms with Crippen LogP contribution in [-0.2, 0) is 11.2 Å². The molecule has 1 amide bonds. The molecule has 0 aliphatic carbocycles. The number of nitrogens with one attached hydrogen (secondary N) is 1. The first-order chi connectivity index (χ1) is 15.1. The third kappa shape index (κ3) is 5.70. The lowest BCUT2D eigenvalue weighted by Crippen LogP contribution is -2.47. The highest BCUT2D eigenvalue weighted by molar-refractivity contribution is 6.30. The Balaban J connectivity index is 1.35. The number of β-amino-alcohol motifs (C(OH)–C–C–N with tert-alkyl or cyclic N) is 1. The van der Waals surface area contributed by atoms with Crippen LogP contribution >= 0.6 is 11.6 Å². The second-order valence-corrected chi connectivity index (χ2v) is 8.11. The summed E-state index contributed by atoms with van der Waals surface area (Å²) in [6.07, 6.45) is 2.87. The van der Waals surface area contributed by atoms with Gasteiger partial charge in [0.05, 0.1) is 12.1 Å². The summed E-state index contributed by atoms with van der Waals surface area (Å²) in [5, 5.41) is 13.6. The van der Waals surface area contributed by atoms with Crippen molar-refractivity contribution < 1.29 is 9.90 Å². The number of hydrogen-bond acceptors (Lipinski definition) is 6. The van der Waals surface area contributed by atoms with Gasteiger partial charge in [0, 0.05) is 61.4 Å². The zero-order chi connectivity index (χ0) is 21.6. The third-order valence-corrected chi connectivity index (χ3v) is 5.73. The lowest BCUT2D eigenvalue weighted by atomic mass is 10.1. The number of aliphatic hydroxyl groups is 1. The van der Waals surface area contributed by atoms with Crippen molar-refractivity contribution >= 4 is 40.0 Å². The van der Waals surface area contributed by atoms with Crippen molar-refractivity contribution in [2.45, 2.75) is 12.8 Å². The van der Waals surface area contributed by atoms with Gasteiger partial charge in [0.15, 0.2) is 0 Å². The molecule has 1 aliphatic rings. The number of fused-ring (bicyclic) bond motifs is 1. The molecule has 8 heteroatoms. The maximum Gasteiger partial charge on any atom is 0.225 e. The molecule has 1 fully saturated rings. The first kappa shape index (κ1) is 21.5. The summed E-state index contributed by atoms with van der Waals surface area (Å²) in [4.78, 5) is 26.0. The van der Waals surface area contributed by atoms with Gasteiger partial charge in [0.1, 0.15) is 0 Å². The largest absolute Gasteiger partial charge is 0.395 e. The zero-order valence-electron chi connectivity index (χ0n) is 17.3. The summed E-state index contributed by atoms with van der Waals surface area (Å²) >= 11 is 5.90. The predicted octanol–water partition coefficient (Wildman–Crippen LogP) is 2.97. The van der Waals surface area contributed by atoms with Crippen LogP contribution in [0.5, 0.6) is 0 Å². The number of nitrogens with zero attached hydrogens (tertiary/aromatic N) is 4. The minimum atomic E-state index is -0.0346. The van der Waals surface area contributed by atoms with Gasteiger partial charge in [-0.25, -0.2) is 9.97 Å². The number of hydrogen-bond donors (Lipinski definition) is 2. The highest BCUT2D eigenvalue weighted by Gasteiger charge is 2.18. The molecule has 3 aromatic rings. The Hall–Kier alpha value is -2.74. The number of halogens is 1. The lowest BCUT2D eigenvalue weighted by Gasteiger charge is -2.34. The molecular formula is C23H26ClN5O2. The van der Waals surface area contributed by atoms with Crippen molar-refractivity contribution in [2.75, 3.05) is 49.5 Å². The Morgan fingerprint density at radius 1 is 1.10 bits per heavy atom. The summed E-state index contributed by atoms with van der Waals surface area (Å²) in [6, 6.07) is 13.2. The van der Waals surface area contributed by atoms with E-state index in [2.05, 4.69) is 20.1 Å². The van der Waals surface area contributed by atoms with Crippen molar-refractivity contribution in [2.24, 2.45) is 0 Å². The normalized spacial score (nSPS) is 14.7. The van der Waals surface area contributed by atoms with Crippen LogP contribution in [0.4, 0.5) is 11.6 Å². The predicted molar refractivity (Wildman–Crippen MR) is 124 cm³/mol. The van der Waals surface area contributed by atoms with Crippen LogP contribution in [0, 0.1) is 0 Å². The molecular weight excluding hydrogens is 414 g/mol. The standard InChI is InChI=1S/C23H26ClN5O2/c24-19-4-1-17(2-5-19)3-8-22(31)26-20-6-7-21-18(15-20)16-25-23(27-21)29-11-9-28(10-12-29)13-14-30/h1-2,4-7,15-16,30H,3,8-14H2,(H,26,31). The summed E-state index contributed by atoms with van der Waals surface area (Å²) in [5.41, 5.74) is 2.67. The lowest BCUT2D eigenvalue weighted by molar-refractivity contribution is -0.116. The van der Waals surface area contributed by atoms with E-state index < -0.39 is 0 Å². The van der Waals surface area contributed by atoms with Gasteiger partial charge in [-0.05, 0) is 42.3 Å². The maximum absolute atomic E-state index is 12.3. The summed E-state index contributed by atoms with van der Waals surface area (Å²) in [6.45, 7) is 4.36. The van der Waals surface area contributed by atoms with Crippen molar-refractivity contribution in [1.82, 2.24) is 14.9 Å². The van der Waals surface area contributed by atoms with Crippen LogP contribution in [0.25, 0.3) is 10.9 Å². The summed E-state index contributed by atoms with van der Waals surface area (Å²) in [7, 11) is 0. The number of aromatic nitrogens is 2. The van der Waals surface area contributed by atoms with Gasteiger partial charge in [0.25, 0.3) is 0 Å². The number of rotatable bonds is 7. The number of aliphatic hydroxyl groups excluding tert-OH is 1. The van der Waals surface area contributed by atoms with E-state index in [1.165, 1.54) is 0 Å². The molecule has 4 rings (SSSR count). The molecule has 2 heterocycles. The third-order valence-electron chi connectivity index (χ3n) is 5.48. The second-order valence-electron chi connectivity index (χ2n) is 7.67. The smallest absolute Gasteiger partial charge is 0.225 e. The number of anilines is 2. The van der Waals surface area contributed by atoms with Gasteiger partial charge in [-0.2, -0.15) is 0 Å². The first-order valence-corrected chi connectivity index (χ1v) is 10.9. The van der Waals surface area contributed by atoms with E-state index >= 15 is 0 Å². The van der Waals surface area contributed by atoms with E-state index in [0.29, 0.717) is 24.4 Å². The molecule has 2 N–H and O–H groups in total. The molecule has 1 aromatic heterocycles. The van der Waals surface area contributed by atoms with Crippen LogP contribution in [0.3, 0.4) is 0 Å². The fourth-order valence-corrected chi connectivity index (χ4v) is 3.83. The van der Waals surface area contributed by atoms with Crippen molar-refractivity contribution in [1.29, 1.82) is 0 Å². The molecule has 0 atom stereocenters. The molecule has 1 saturated heterocycles. The van der Waals surface area contributed by atoms with E-state index in [-0.39, 0.29) is 12.5 Å². The van der Waals surface area contributed by atoms with Gasteiger partial charge in [-0.1, -0.05) is 23.7 Å². The highest BCUT2D eigenvalue weighted by Crippen LogP contribution is 2.21. The Morgan fingerprint density at radius 2 is 1.87 bits per heavy atom. The van der Waals surface area contributed by atoms with Crippen molar-refractivity contribution in [3.8, 4) is 0 Å². The van der Waals surface area contributed by atoms with E-state index in [1.54, 1.807) is 6.20 Å². The fraction of sp³-hybridized carbons (Fsp3) is 0.348. The number of piperazine rings is 1. The molecule has 0 spiro atoms. The van der Waals surface area contributed by atoms with E-state index in [9.17, 15) is 4.79 Å². The van der Waals surface area contributed by atoms with Crippen LogP contribution < -0.4 is 10.2 Å². The van der Waals surface area contributed by atoms with E-state index in [1.807, 2.05) is 42.5 Å². The van der Waals surface area contributed by atoms with Crippen LogP contribution in [0.15, 0.2) is 48.7 Å². The van der Waals surface area contributed by atoms with Crippen molar-refractivity contribution in [3.05, 3.63) is 59.2 Å². The number of carbonyl (C=O) groups is 1. The minimum absolute atomic E-state index is 0.0346. The van der Waals surface area contributed by atoms with E-state index in [4.69, 9.17) is 21.7 Å².